The Morgan fingerprint density at radius 1 is 1.50 bits per heavy atom. The average Bonchev–Trinajstić information content (AvgIpc) is 2.33. The van der Waals surface area contributed by atoms with Gasteiger partial charge in [0, 0.05) is 6.42 Å². The van der Waals surface area contributed by atoms with Gasteiger partial charge in [0.15, 0.2) is 6.34 Å². The summed E-state index contributed by atoms with van der Waals surface area (Å²) >= 11 is 0. The highest BCUT2D eigenvalue weighted by molar-refractivity contribution is 7.51. The molecule has 1 unspecified atom stereocenters. The lowest BCUT2D eigenvalue weighted by Gasteiger charge is -2.21. The van der Waals surface area contributed by atoms with Crippen LogP contribution in [-0.2, 0) is 4.57 Å². The second-order valence-electron chi connectivity index (χ2n) is 3.37. The molecule has 1 heterocycles. The summed E-state index contributed by atoms with van der Waals surface area (Å²) in [4.78, 5) is 21.2. The summed E-state index contributed by atoms with van der Waals surface area (Å²) in [6.07, 6.45) is 5.77. The first kappa shape index (κ1) is 14.0. The van der Waals surface area contributed by atoms with Gasteiger partial charge in [0.05, 0.1) is 26.0 Å². The van der Waals surface area contributed by atoms with Gasteiger partial charge in [-0.3, -0.25) is 9.05 Å². The number of quaternary nitrogens is 1. The largest absolute Gasteiger partial charge is 1.00 e. The molecule has 1 aliphatic rings. The predicted octanol–water partition coefficient (Wildman–Crippen LogP) is -2.48. The zero-order valence-electron chi connectivity index (χ0n) is 7.88. The lowest BCUT2D eigenvalue weighted by atomic mass is 10.4. The predicted molar refractivity (Wildman–Crippen MR) is 50.2 cm³/mol. The van der Waals surface area contributed by atoms with Gasteiger partial charge in [0.2, 0.25) is 0 Å². The van der Waals surface area contributed by atoms with Gasteiger partial charge in [-0.2, -0.15) is 0 Å². The molecule has 0 spiro atoms. The smallest absolute Gasteiger partial charge is 0.325 e. The lowest BCUT2D eigenvalue weighted by Crippen LogP contribution is -3.00. The van der Waals surface area contributed by atoms with Crippen LogP contribution in [0.3, 0.4) is 0 Å². The molecule has 0 radical (unpaired) electrons. The number of rotatable bonds is 4. The minimum absolute atomic E-state index is 0. The molecular weight excluding hydrogens is 271 g/mol. The molecule has 0 bridgehead atoms. The van der Waals surface area contributed by atoms with Crippen LogP contribution in [0.5, 0.6) is 0 Å². The summed E-state index contributed by atoms with van der Waals surface area (Å²) in [5, 5.41) is 0. The van der Waals surface area contributed by atoms with Crippen molar-refractivity contribution in [3.63, 3.8) is 0 Å². The molecule has 5 nitrogen and oxygen atoms in total. The molecule has 7 heteroatoms. The summed E-state index contributed by atoms with van der Waals surface area (Å²) in [5.41, 5.74) is 0. The number of nitrogens with zero attached hydrogens (tertiary/aromatic N) is 2. The van der Waals surface area contributed by atoms with Gasteiger partial charge in [-0.1, -0.05) is 0 Å². The van der Waals surface area contributed by atoms with Gasteiger partial charge in [-0.25, -0.2) is 4.99 Å². The Hall–Kier alpha value is -0.0000000000000000555. The monoisotopic (exact) mass is 284 g/mol. The van der Waals surface area contributed by atoms with E-state index in [1.807, 2.05) is 13.2 Å². The quantitative estimate of drug-likeness (QED) is 0.444. The van der Waals surface area contributed by atoms with Crippen molar-refractivity contribution in [1.29, 1.82) is 0 Å². The van der Waals surface area contributed by atoms with Crippen LogP contribution in [0.2, 0.25) is 0 Å². The van der Waals surface area contributed by atoms with E-state index >= 15 is 0 Å². The van der Waals surface area contributed by atoms with Crippen LogP contribution in [0, 0.1) is 0 Å². The average molecular weight is 285 g/mol. The van der Waals surface area contributed by atoms with E-state index in [9.17, 15) is 4.57 Å². The number of hydrogen-bond acceptors (Lipinski definition) is 2. The van der Waals surface area contributed by atoms with E-state index in [0.29, 0.717) is 17.4 Å². The minimum Gasteiger partial charge on any atom is -1.00 e. The van der Waals surface area contributed by atoms with E-state index in [2.05, 4.69) is 4.99 Å². The van der Waals surface area contributed by atoms with E-state index in [-0.39, 0.29) is 23.1 Å². The van der Waals surface area contributed by atoms with Crippen molar-refractivity contribution in [2.75, 3.05) is 19.8 Å². The summed E-state index contributed by atoms with van der Waals surface area (Å²) < 4.78 is 11.1. The molecule has 0 aromatic heterocycles. The molecule has 0 fully saturated rings. The molecule has 82 valence electrons. The fourth-order valence-corrected chi connectivity index (χ4v) is 1.72. The number of halogens is 1. The first-order valence-electron chi connectivity index (χ1n) is 4.03. The van der Waals surface area contributed by atoms with Crippen molar-refractivity contribution in [3.8, 4) is 0 Å². The molecule has 0 amide bonds. The number of aliphatic imine (C=N–C) groups is 1. The molecule has 1 atom stereocenters. The third-order valence-corrected chi connectivity index (χ3v) is 2.81. The zero-order valence-corrected chi connectivity index (χ0v) is 10.4. The van der Waals surface area contributed by atoms with Crippen LogP contribution in [0.15, 0.2) is 17.4 Å². The Morgan fingerprint density at radius 2 is 2.14 bits per heavy atom. The van der Waals surface area contributed by atoms with E-state index in [4.69, 9.17) is 9.79 Å². The minimum atomic E-state index is -3.83. The topological polar surface area (TPSA) is 69.9 Å². The van der Waals surface area contributed by atoms with E-state index in [0.717, 1.165) is 0 Å². The second kappa shape index (κ2) is 5.19. The van der Waals surface area contributed by atoms with Gasteiger partial charge in [0.1, 0.15) is 6.20 Å². The van der Waals surface area contributed by atoms with Crippen LogP contribution in [0.4, 0.5) is 0 Å². The highest BCUT2D eigenvalue weighted by atomic mass is 79.9. The Morgan fingerprint density at radius 3 is 2.57 bits per heavy atom. The summed E-state index contributed by atoms with van der Waals surface area (Å²) in [6, 6.07) is 0. The lowest BCUT2D eigenvalue weighted by molar-refractivity contribution is -0.756. The first-order chi connectivity index (χ1) is 5.91. The van der Waals surface area contributed by atoms with Gasteiger partial charge < -0.3 is 26.8 Å². The van der Waals surface area contributed by atoms with Gasteiger partial charge in [0.25, 0.3) is 0 Å². The summed E-state index contributed by atoms with van der Waals surface area (Å²) in [6.45, 7) is 0.672. The van der Waals surface area contributed by atoms with Crippen molar-refractivity contribution in [1.82, 2.24) is 0 Å². The molecule has 1 rings (SSSR count). The van der Waals surface area contributed by atoms with Crippen molar-refractivity contribution < 1.29 is 35.8 Å². The van der Waals surface area contributed by atoms with Gasteiger partial charge in [-0.15, -0.1) is 0 Å². The van der Waals surface area contributed by atoms with Gasteiger partial charge in [-0.05, 0) is 0 Å². The third kappa shape index (κ3) is 5.02. The molecular formula is C7H14BrN2O3P. The summed E-state index contributed by atoms with van der Waals surface area (Å²) in [7, 11) is -1.89. The van der Waals surface area contributed by atoms with Crippen molar-refractivity contribution in [2.45, 2.75) is 6.42 Å². The molecule has 2 N–H and O–H groups in total. The maximum atomic E-state index is 10.5. The zero-order chi connectivity index (χ0) is 9.95. The maximum absolute atomic E-state index is 10.5. The standard InChI is InChI=1S/C7H13N2O3P.BrH/c1-9(5-3-8-7-9)4-2-6-13(10,11)12;/h3,5,7H,2,4,6H2,1H3,(H-,10,11,12);1H. The molecule has 0 aromatic carbocycles. The Labute approximate surface area is 93.7 Å². The Bertz CT molecular complexity index is 275. The molecule has 0 aromatic rings. The van der Waals surface area contributed by atoms with Crippen LogP contribution in [0.25, 0.3) is 0 Å². The fourth-order valence-electron chi connectivity index (χ4n) is 1.17. The Kier molecular flexibility index (Phi) is 5.19. The van der Waals surface area contributed by atoms with E-state index < -0.39 is 7.60 Å². The highest BCUT2D eigenvalue weighted by Gasteiger charge is 2.21. The second-order valence-corrected chi connectivity index (χ2v) is 5.15. The van der Waals surface area contributed by atoms with Crippen LogP contribution in [0.1, 0.15) is 6.42 Å². The van der Waals surface area contributed by atoms with Crippen LogP contribution >= 0.6 is 7.60 Å². The molecule has 0 saturated carbocycles. The molecule has 0 aliphatic carbocycles. The SMILES string of the molecule is C[N+]1(CCCP(=O)(O)O)C=CN=C1.[Br-]. The van der Waals surface area contributed by atoms with E-state index in [1.54, 1.807) is 12.5 Å². The molecule has 0 saturated heterocycles. The maximum Gasteiger partial charge on any atom is 0.325 e. The van der Waals surface area contributed by atoms with Gasteiger partial charge >= 0.3 is 7.60 Å². The number of hydrogen-bond donors (Lipinski definition) is 2. The van der Waals surface area contributed by atoms with E-state index in [1.165, 1.54) is 0 Å². The first-order valence-corrected chi connectivity index (χ1v) is 5.83. The molecule has 1 aliphatic heterocycles. The normalized spacial score (nSPS) is 25.1. The molecule has 14 heavy (non-hydrogen) atoms. The van der Waals surface area contributed by atoms with Crippen molar-refractivity contribution >= 4 is 13.9 Å². The van der Waals surface area contributed by atoms with Crippen molar-refractivity contribution in [2.24, 2.45) is 4.99 Å². The Balaban J connectivity index is 0.00000169. The summed E-state index contributed by atoms with van der Waals surface area (Å²) in [5.74, 6) is 0. The van der Waals surface area contributed by atoms with Crippen molar-refractivity contribution in [3.05, 3.63) is 12.4 Å². The fraction of sp³-hybridized carbons (Fsp3) is 0.571. The van der Waals surface area contributed by atoms with Crippen LogP contribution in [-0.4, -0.2) is 40.4 Å². The highest BCUT2D eigenvalue weighted by Crippen LogP contribution is 2.35. The third-order valence-electron chi connectivity index (χ3n) is 1.91. The van der Waals surface area contributed by atoms with Crippen LogP contribution < -0.4 is 17.0 Å².